The SMILES string of the molecule is C[C@@H](Nc1cccc([N+](=O)[O-])c1)C(=O)Nc1ccc(Cl)cc1. The molecular formula is C15H14ClN3O3. The van der Waals surface area contributed by atoms with Crippen molar-refractivity contribution in [2.75, 3.05) is 10.6 Å². The summed E-state index contributed by atoms with van der Waals surface area (Å²) in [6, 6.07) is 12.2. The normalized spacial score (nSPS) is 11.5. The molecule has 0 spiro atoms. The number of hydrogen-bond acceptors (Lipinski definition) is 4. The van der Waals surface area contributed by atoms with Crippen LogP contribution in [0.25, 0.3) is 0 Å². The maximum Gasteiger partial charge on any atom is 0.271 e. The van der Waals surface area contributed by atoms with Gasteiger partial charge in [-0.1, -0.05) is 17.7 Å². The summed E-state index contributed by atoms with van der Waals surface area (Å²) in [7, 11) is 0. The molecule has 22 heavy (non-hydrogen) atoms. The minimum absolute atomic E-state index is 0.0321. The van der Waals surface area contributed by atoms with Gasteiger partial charge in [0.25, 0.3) is 5.69 Å². The van der Waals surface area contributed by atoms with Crippen LogP contribution in [-0.2, 0) is 4.79 Å². The molecule has 0 saturated heterocycles. The molecule has 114 valence electrons. The van der Waals surface area contributed by atoms with E-state index in [1.807, 2.05) is 0 Å². The summed E-state index contributed by atoms with van der Waals surface area (Å²) in [5.41, 5.74) is 1.10. The second-order valence-corrected chi connectivity index (χ2v) is 5.11. The van der Waals surface area contributed by atoms with Gasteiger partial charge in [-0.05, 0) is 37.3 Å². The number of rotatable bonds is 5. The summed E-state index contributed by atoms with van der Waals surface area (Å²) in [5.74, 6) is -0.256. The first kappa shape index (κ1) is 15.8. The number of nitro benzene ring substituents is 1. The van der Waals surface area contributed by atoms with Crippen LogP contribution in [0.5, 0.6) is 0 Å². The van der Waals surface area contributed by atoms with E-state index in [2.05, 4.69) is 10.6 Å². The molecule has 2 rings (SSSR count). The van der Waals surface area contributed by atoms with Crippen molar-refractivity contribution in [3.63, 3.8) is 0 Å². The molecule has 0 fully saturated rings. The zero-order valence-electron chi connectivity index (χ0n) is 11.7. The first-order valence-corrected chi connectivity index (χ1v) is 6.91. The monoisotopic (exact) mass is 319 g/mol. The van der Waals surface area contributed by atoms with Crippen LogP contribution >= 0.6 is 11.6 Å². The van der Waals surface area contributed by atoms with Gasteiger partial charge in [-0.25, -0.2) is 0 Å². The fourth-order valence-corrected chi connectivity index (χ4v) is 1.93. The molecule has 0 aromatic heterocycles. The molecule has 0 aliphatic carbocycles. The summed E-state index contributed by atoms with van der Waals surface area (Å²) in [4.78, 5) is 22.3. The van der Waals surface area contributed by atoms with Crippen LogP contribution in [0.4, 0.5) is 17.1 Å². The number of carbonyl (C=O) groups excluding carboxylic acids is 1. The highest BCUT2D eigenvalue weighted by Crippen LogP contribution is 2.18. The Labute approximate surface area is 132 Å². The molecule has 0 saturated carbocycles. The van der Waals surface area contributed by atoms with E-state index in [9.17, 15) is 14.9 Å². The number of anilines is 2. The molecule has 0 aliphatic heterocycles. The summed E-state index contributed by atoms with van der Waals surface area (Å²) in [6.07, 6.45) is 0. The van der Waals surface area contributed by atoms with E-state index in [0.29, 0.717) is 16.4 Å². The molecule has 0 radical (unpaired) electrons. The second kappa shape index (κ2) is 6.91. The Balaban J connectivity index is 2.00. The number of amides is 1. The fourth-order valence-electron chi connectivity index (χ4n) is 1.81. The summed E-state index contributed by atoms with van der Waals surface area (Å²) in [6.45, 7) is 1.67. The van der Waals surface area contributed by atoms with Gasteiger partial charge in [-0.3, -0.25) is 14.9 Å². The van der Waals surface area contributed by atoms with Crippen LogP contribution in [-0.4, -0.2) is 16.9 Å². The van der Waals surface area contributed by atoms with Gasteiger partial charge in [0.2, 0.25) is 5.91 Å². The number of halogens is 1. The fraction of sp³-hybridized carbons (Fsp3) is 0.133. The van der Waals surface area contributed by atoms with Crippen molar-refractivity contribution in [2.45, 2.75) is 13.0 Å². The van der Waals surface area contributed by atoms with Crippen molar-refractivity contribution in [1.82, 2.24) is 0 Å². The van der Waals surface area contributed by atoms with Crippen LogP contribution in [0.3, 0.4) is 0 Å². The Bertz CT molecular complexity index is 689. The van der Waals surface area contributed by atoms with E-state index in [1.54, 1.807) is 43.3 Å². The van der Waals surface area contributed by atoms with E-state index in [-0.39, 0.29) is 11.6 Å². The zero-order valence-corrected chi connectivity index (χ0v) is 12.5. The Hall–Kier alpha value is -2.60. The third kappa shape index (κ3) is 4.20. The number of non-ortho nitro benzene ring substituents is 1. The quantitative estimate of drug-likeness (QED) is 0.650. The van der Waals surface area contributed by atoms with Crippen molar-refractivity contribution >= 4 is 34.6 Å². The first-order valence-electron chi connectivity index (χ1n) is 6.53. The number of carbonyl (C=O) groups is 1. The van der Waals surface area contributed by atoms with E-state index >= 15 is 0 Å². The van der Waals surface area contributed by atoms with Crippen molar-refractivity contribution < 1.29 is 9.72 Å². The molecule has 0 unspecified atom stereocenters. The first-order chi connectivity index (χ1) is 10.5. The van der Waals surface area contributed by atoms with Crippen molar-refractivity contribution in [2.24, 2.45) is 0 Å². The van der Waals surface area contributed by atoms with Crippen molar-refractivity contribution in [1.29, 1.82) is 0 Å². The van der Waals surface area contributed by atoms with Gasteiger partial charge in [-0.15, -0.1) is 0 Å². The van der Waals surface area contributed by atoms with Gasteiger partial charge >= 0.3 is 0 Å². The number of nitrogens with one attached hydrogen (secondary N) is 2. The summed E-state index contributed by atoms with van der Waals surface area (Å²) >= 11 is 5.78. The Morgan fingerprint density at radius 1 is 1.18 bits per heavy atom. The van der Waals surface area contributed by atoms with E-state index in [1.165, 1.54) is 12.1 Å². The zero-order chi connectivity index (χ0) is 16.1. The second-order valence-electron chi connectivity index (χ2n) is 4.67. The Kier molecular flexibility index (Phi) is 4.95. The van der Waals surface area contributed by atoms with Gasteiger partial charge in [0.05, 0.1) is 4.92 Å². The average molecular weight is 320 g/mol. The molecule has 0 bridgehead atoms. The number of nitrogens with zero attached hydrogens (tertiary/aromatic N) is 1. The van der Waals surface area contributed by atoms with E-state index in [0.717, 1.165) is 0 Å². The molecule has 2 aromatic carbocycles. The van der Waals surface area contributed by atoms with Crippen LogP contribution in [0.1, 0.15) is 6.92 Å². The molecule has 0 aliphatic rings. The lowest BCUT2D eigenvalue weighted by Gasteiger charge is -2.15. The highest BCUT2D eigenvalue weighted by Gasteiger charge is 2.14. The Morgan fingerprint density at radius 3 is 2.50 bits per heavy atom. The molecule has 6 nitrogen and oxygen atoms in total. The predicted molar refractivity (Wildman–Crippen MR) is 86.3 cm³/mol. The van der Waals surface area contributed by atoms with Crippen molar-refractivity contribution in [3.8, 4) is 0 Å². The average Bonchev–Trinajstić information content (AvgIpc) is 2.49. The molecule has 1 atom stereocenters. The molecule has 0 heterocycles. The van der Waals surface area contributed by atoms with Crippen LogP contribution < -0.4 is 10.6 Å². The standard InChI is InChI=1S/C15H14ClN3O3/c1-10(15(20)18-12-7-5-11(16)6-8-12)17-13-3-2-4-14(9-13)19(21)22/h2-10,17H,1H3,(H,18,20)/t10-/m1/s1. The molecule has 7 heteroatoms. The van der Waals surface area contributed by atoms with Crippen LogP contribution in [0.2, 0.25) is 5.02 Å². The van der Waals surface area contributed by atoms with E-state index < -0.39 is 11.0 Å². The number of benzene rings is 2. The third-order valence-electron chi connectivity index (χ3n) is 2.95. The molecule has 2 N–H and O–H groups in total. The maximum atomic E-state index is 12.1. The Morgan fingerprint density at radius 2 is 1.86 bits per heavy atom. The highest BCUT2D eigenvalue weighted by atomic mass is 35.5. The van der Waals surface area contributed by atoms with E-state index in [4.69, 9.17) is 11.6 Å². The maximum absolute atomic E-state index is 12.1. The van der Waals surface area contributed by atoms with Gasteiger partial charge in [0.1, 0.15) is 6.04 Å². The summed E-state index contributed by atoms with van der Waals surface area (Å²) < 4.78 is 0. The predicted octanol–water partition coefficient (Wildman–Crippen LogP) is 3.69. The molecular weight excluding hydrogens is 306 g/mol. The lowest BCUT2D eigenvalue weighted by molar-refractivity contribution is -0.384. The van der Waals surface area contributed by atoms with Gasteiger partial charge < -0.3 is 10.6 Å². The van der Waals surface area contributed by atoms with Crippen molar-refractivity contribution in [3.05, 3.63) is 63.7 Å². The van der Waals surface area contributed by atoms with Crippen LogP contribution in [0, 0.1) is 10.1 Å². The lowest BCUT2D eigenvalue weighted by Crippen LogP contribution is -2.31. The van der Waals surface area contributed by atoms with Gasteiger partial charge in [0.15, 0.2) is 0 Å². The minimum atomic E-state index is -0.558. The topological polar surface area (TPSA) is 84.3 Å². The van der Waals surface area contributed by atoms with Crippen LogP contribution in [0.15, 0.2) is 48.5 Å². The largest absolute Gasteiger partial charge is 0.374 e. The number of hydrogen-bond donors (Lipinski definition) is 2. The minimum Gasteiger partial charge on any atom is -0.374 e. The number of nitro groups is 1. The van der Waals surface area contributed by atoms with Gasteiger partial charge in [0, 0.05) is 28.5 Å². The third-order valence-corrected chi connectivity index (χ3v) is 3.20. The molecule has 2 aromatic rings. The highest BCUT2D eigenvalue weighted by molar-refractivity contribution is 6.30. The smallest absolute Gasteiger partial charge is 0.271 e. The molecule has 1 amide bonds. The van der Waals surface area contributed by atoms with Gasteiger partial charge in [-0.2, -0.15) is 0 Å². The summed E-state index contributed by atoms with van der Waals surface area (Å²) in [5, 5.41) is 17.0. The lowest BCUT2D eigenvalue weighted by atomic mass is 10.2.